The second-order valence-electron chi connectivity index (χ2n) is 13.2. The van der Waals surface area contributed by atoms with Crippen LogP contribution >= 0.6 is 0 Å². The molecule has 2 aliphatic heterocycles. The quantitative estimate of drug-likeness (QED) is 0.132. The van der Waals surface area contributed by atoms with E-state index < -0.39 is 5.97 Å². The van der Waals surface area contributed by atoms with Crippen molar-refractivity contribution in [2.24, 2.45) is 10.9 Å². The Morgan fingerprint density at radius 1 is 1.10 bits per heavy atom. The molecule has 3 N–H and O–H groups in total. The molecule has 0 amide bonds. The van der Waals surface area contributed by atoms with Crippen molar-refractivity contribution < 1.29 is 14.6 Å². The molecule has 10 heteroatoms. The number of amidine groups is 1. The summed E-state index contributed by atoms with van der Waals surface area (Å²) in [6.45, 7) is 13.8. The smallest absolute Gasteiger partial charge is 0.307 e. The minimum absolute atomic E-state index is 0.350. The lowest BCUT2D eigenvalue weighted by Gasteiger charge is -2.20. The van der Waals surface area contributed by atoms with Crippen molar-refractivity contribution in [1.82, 2.24) is 20.2 Å². The molecule has 1 atom stereocenters. The van der Waals surface area contributed by atoms with Crippen molar-refractivity contribution >= 4 is 40.0 Å². The molecule has 0 saturated carbocycles. The highest BCUT2D eigenvalue weighted by atomic mass is 16.5. The fourth-order valence-electron chi connectivity index (χ4n) is 7.06. The van der Waals surface area contributed by atoms with Gasteiger partial charge in [-0.1, -0.05) is 43.0 Å². The number of hydrogen-bond donors (Lipinski definition) is 3. The number of aromatic nitrogens is 2. The van der Waals surface area contributed by atoms with E-state index >= 15 is 0 Å². The topological polar surface area (TPSA) is 136 Å². The molecule has 0 bridgehead atoms. The highest BCUT2D eigenvalue weighted by Gasteiger charge is 2.28. The van der Waals surface area contributed by atoms with Gasteiger partial charge in [0.1, 0.15) is 28.9 Å². The molecular weight excluding hydrogens is 638 g/mol. The molecule has 0 aliphatic carbocycles. The van der Waals surface area contributed by atoms with E-state index in [1.165, 1.54) is 0 Å². The zero-order valence-corrected chi connectivity index (χ0v) is 29.0. The molecule has 256 valence electrons. The van der Waals surface area contributed by atoms with Crippen LogP contribution in [0.3, 0.4) is 0 Å². The second-order valence-corrected chi connectivity index (χ2v) is 13.2. The lowest BCUT2D eigenvalue weighted by Crippen LogP contribution is -2.23. The predicted molar refractivity (Wildman–Crippen MR) is 200 cm³/mol. The number of ether oxygens (including phenoxy) is 1. The molecule has 10 nitrogen and oxygen atoms in total. The maximum Gasteiger partial charge on any atom is 0.307 e. The standard InChI is InChI=1S/C41H39N7O3/c1-24-17-28(22-48-16-12-30(23-48)41(49)50)18-31(20-42)38(24)51-27(4)33-7-5-8-34(25(33)2)35-9-6-10-36(26(35)3)47-40-37-29(11-13-43-40)19-32(21-46-37)39-44-14-15-45-39/h5-11,13,17-19,21,30H,4,12,14-16,22-23H2,1-3H3,(H,43,47)(H,44,45)(H,49,50)/t30-/m1/s1. The van der Waals surface area contributed by atoms with Crippen molar-refractivity contribution in [2.75, 3.05) is 31.5 Å². The van der Waals surface area contributed by atoms with Gasteiger partial charge in [-0.15, -0.1) is 0 Å². The monoisotopic (exact) mass is 677 g/mol. The number of aliphatic imine (C=N–C) groups is 1. The molecule has 0 radical (unpaired) electrons. The molecule has 0 spiro atoms. The van der Waals surface area contributed by atoms with Crippen molar-refractivity contribution in [2.45, 2.75) is 33.7 Å². The first kappa shape index (κ1) is 33.4. The summed E-state index contributed by atoms with van der Waals surface area (Å²) in [5, 5.41) is 27.3. The zero-order valence-electron chi connectivity index (χ0n) is 29.0. The molecule has 0 unspecified atom stereocenters. The third-order valence-corrected chi connectivity index (χ3v) is 9.77. The third kappa shape index (κ3) is 6.76. The number of hydrogen-bond acceptors (Lipinski definition) is 9. The van der Waals surface area contributed by atoms with Gasteiger partial charge in [-0.3, -0.25) is 19.7 Å². The first-order valence-corrected chi connectivity index (χ1v) is 17.1. The fourth-order valence-corrected chi connectivity index (χ4v) is 7.06. The molecule has 4 heterocycles. The summed E-state index contributed by atoms with van der Waals surface area (Å²) in [5.74, 6) is 1.35. The molecule has 5 aromatic rings. The van der Waals surface area contributed by atoms with Crippen LogP contribution in [0.15, 0.2) is 84.6 Å². The Labute approximate surface area is 297 Å². The van der Waals surface area contributed by atoms with E-state index in [2.05, 4.69) is 70.2 Å². The average Bonchev–Trinajstić information content (AvgIpc) is 3.84. The lowest BCUT2D eigenvalue weighted by molar-refractivity contribution is -0.141. The highest BCUT2D eigenvalue weighted by molar-refractivity contribution is 6.03. The van der Waals surface area contributed by atoms with Gasteiger partial charge >= 0.3 is 5.97 Å². The summed E-state index contributed by atoms with van der Waals surface area (Å²) in [6.07, 6.45) is 4.25. The number of nitriles is 1. The second kappa shape index (κ2) is 14.1. The summed E-state index contributed by atoms with van der Waals surface area (Å²) in [4.78, 5) is 27.5. The van der Waals surface area contributed by atoms with Crippen molar-refractivity contribution in [1.29, 1.82) is 5.26 Å². The third-order valence-electron chi connectivity index (χ3n) is 9.77. The van der Waals surface area contributed by atoms with Gasteiger partial charge in [0.2, 0.25) is 0 Å². The Morgan fingerprint density at radius 3 is 2.65 bits per heavy atom. The summed E-state index contributed by atoms with van der Waals surface area (Å²) < 4.78 is 6.37. The molecule has 51 heavy (non-hydrogen) atoms. The van der Waals surface area contributed by atoms with Gasteiger partial charge in [0, 0.05) is 54.2 Å². The molecule has 3 aromatic carbocycles. The number of fused-ring (bicyclic) bond motifs is 1. The molecular formula is C41H39N7O3. The SMILES string of the molecule is C=C(Oc1c(C)cc(CN2CC[C@@H](C(=O)O)C2)cc1C#N)c1cccc(-c2cccc(Nc3nccc4cc(C5=NCCN5)cnc34)c2C)c1C. The number of aryl methyl sites for hydroxylation is 1. The Kier molecular flexibility index (Phi) is 9.22. The zero-order chi connectivity index (χ0) is 35.6. The van der Waals surface area contributed by atoms with Crippen LogP contribution in [-0.4, -0.2) is 58.0 Å². The first-order valence-electron chi connectivity index (χ1n) is 17.1. The van der Waals surface area contributed by atoms with E-state index in [1.54, 1.807) is 6.20 Å². The van der Waals surface area contributed by atoms with Crippen LogP contribution in [-0.2, 0) is 11.3 Å². The van der Waals surface area contributed by atoms with Crippen LogP contribution in [0.1, 0.15) is 45.4 Å². The van der Waals surface area contributed by atoms with Gasteiger partial charge in [0.15, 0.2) is 5.82 Å². The lowest BCUT2D eigenvalue weighted by atomic mass is 9.92. The van der Waals surface area contributed by atoms with Gasteiger partial charge in [0.05, 0.1) is 18.0 Å². The Hall–Kier alpha value is -6.05. The fraction of sp³-hybridized carbons (Fsp3) is 0.244. The first-order chi connectivity index (χ1) is 24.7. The van der Waals surface area contributed by atoms with Gasteiger partial charge in [-0.2, -0.15) is 5.26 Å². The largest absolute Gasteiger partial charge is 0.481 e. The Balaban J connectivity index is 1.12. The summed E-state index contributed by atoms with van der Waals surface area (Å²) in [5.41, 5.74) is 9.82. The number of likely N-dealkylation sites (tertiary alicyclic amines) is 1. The number of nitrogens with one attached hydrogen (secondary N) is 2. The van der Waals surface area contributed by atoms with E-state index in [1.807, 2.05) is 55.6 Å². The van der Waals surface area contributed by atoms with Crippen LogP contribution in [0, 0.1) is 38.0 Å². The van der Waals surface area contributed by atoms with Crippen molar-refractivity contribution in [3.8, 4) is 22.9 Å². The molecule has 1 fully saturated rings. The Morgan fingerprint density at radius 2 is 1.90 bits per heavy atom. The number of carboxylic acids is 1. The molecule has 7 rings (SSSR count). The number of nitrogens with zero attached hydrogens (tertiary/aromatic N) is 5. The van der Waals surface area contributed by atoms with Gasteiger partial charge in [-0.25, -0.2) is 4.98 Å². The van der Waals surface area contributed by atoms with E-state index in [9.17, 15) is 15.2 Å². The number of carbonyl (C=O) groups is 1. The maximum atomic E-state index is 11.4. The molecule has 2 aromatic heterocycles. The minimum atomic E-state index is -0.759. The minimum Gasteiger partial charge on any atom is -0.481 e. The number of anilines is 2. The highest BCUT2D eigenvalue weighted by Crippen LogP contribution is 2.37. The van der Waals surface area contributed by atoms with E-state index in [4.69, 9.17) is 9.72 Å². The number of carboxylic acid groups (broad SMARTS) is 1. The van der Waals surface area contributed by atoms with E-state index in [0.29, 0.717) is 48.9 Å². The van der Waals surface area contributed by atoms with Crippen molar-refractivity contribution in [3.05, 3.63) is 119 Å². The summed E-state index contributed by atoms with van der Waals surface area (Å²) in [6, 6.07) is 22.4. The van der Waals surface area contributed by atoms with Gasteiger partial charge < -0.3 is 20.5 Å². The number of pyridine rings is 2. The van der Waals surface area contributed by atoms with Crippen LogP contribution in [0.2, 0.25) is 0 Å². The average molecular weight is 678 g/mol. The van der Waals surface area contributed by atoms with Crippen LogP contribution < -0.4 is 15.4 Å². The molecule has 1 saturated heterocycles. The van der Waals surface area contributed by atoms with Crippen LogP contribution in [0.5, 0.6) is 5.75 Å². The number of benzene rings is 3. The van der Waals surface area contributed by atoms with E-state index in [0.717, 1.165) is 80.0 Å². The Bertz CT molecular complexity index is 2270. The van der Waals surface area contributed by atoms with E-state index in [-0.39, 0.29) is 5.92 Å². The van der Waals surface area contributed by atoms with Crippen LogP contribution in [0.4, 0.5) is 11.5 Å². The maximum absolute atomic E-state index is 11.4. The van der Waals surface area contributed by atoms with Gasteiger partial charge in [0.25, 0.3) is 0 Å². The number of aliphatic carboxylic acids is 1. The normalized spacial score (nSPS) is 15.6. The number of rotatable bonds is 10. The summed E-state index contributed by atoms with van der Waals surface area (Å²) >= 11 is 0. The van der Waals surface area contributed by atoms with Crippen LogP contribution in [0.25, 0.3) is 27.8 Å². The predicted octanol–water partition coefficient (Wildman–Crippen LogP) is 7.14. The van der Waals surface area contributed by atoms with Gasteiger partial charge in [-0.05, 0) is 91.4 Å². The molecule has 2 aliphatic rings. The summed E-state index contributed by atoms with van der Waals surface area (Å²) in [7, 11) is 0. The van der Waals surface area contributed by atoms with Crippen molar-refractivity contribution in [3.63, 3.8) is 0 Å².